The Labute approximate surface area is 181 Å². The molecule has 4 rings (SSSR count). The van der Waals surface area contributed by atoms with Crippen LogP contribution >= 0.6 is 22.6 Å². The highest BCUT2D eigenvalue weighted by Crippen LogP contribution is 2.29. The fourth-order valence-corrected chi connectivity index (χ4v) is 4.52. The van der Waals surface area contributed by atoms with Gasteiger partial charge in [-0.25, -0.2) is 0 Å². The van der Waals surface area contributed by atoms with E-state index in [0.717, 1.165) is 24.1 Å². The maximum absolute atomic E-state index is 13.3. The summed E-state index contributed by atoms with van der Waals surface area (Å²) in [6.07, 6.45) is 1.87. The molecule has 1 unspecified atom stereocenters. The Kier molecular flexibility index (Phi) is 5.66. The Morgan fingerprint density at radius 1 is 1.24 bits per heavy atom. The molecule has 2 heterocycles. The predicted molar refractivity (Wildman–Crippen MR) is 118 cm³/mol. The highest BCUT2D eigenvalue weighted by molar-refractivity contribution is 14.1. The van der Waals surface area contributed by atoms with Crippen molar-refractivity contribution in [3.63, 3.8) is 0 Å². The molecule has 0 saturated carbocycles. The SMILES string of the molecule is CN1CCOCC1Cn1cc(C(=O)c2cccc([N+](=O)[O-])c2I)c2ccccc21. The van der Waals surface area contributed by atoms with Crippen LogP contribution in [0.25, 0.3) is 10.9 Å². The first kappa shape index (κ1) is 20.0. The summed E-state index contributed by atoms with van der Waals surface area (Å²) >= 11 is 1.88. The Balaban J connectivity index is 1.76. The van der Waals surface area contributed by atoms with E-state index in [1.54, 1.807) is 12.1 Å². The van der Waals surface area contributed by atoms with Gasteiger partial charge >= 0.3 is 0 Å². The molecule has 1 fully saturated rings. The average molecular weight is 505 g/mol. The van der Waals surface area contributed by atoms with E-state index in [9.17, 15) is 14.9 Å². The van der Waals surface area contributed by atoms with Gasteiger partial charge in [-0.15, -0.1) is 0 Å². The minimum Gasteiger partial charge on any atom is -0.378 e. The first-order valence-electron chi connectivity index (χ1n) is 9.31. The van der Waals surface area contributed by atoms with Crippen molar-refractivity contribution < 1.29 is 14.5 Å². The van der Waals surface area contributed by atoms with E-state index in [0.29, 0.717) is 27.8 Å². The molecule has 1 atom stereocenters. The summed E-state index contributed by atoms with van der Waals surface area (Å²) in [6, 6.07) is 12.6. The zero-order valence-electron chi connectivity index (χ0n) is 15.9. The zero-order chi connectivity index (χ0) is 20.5. The van der Waals surface area contributed by atoms with Crippen molar-refractivity contribution in [1.82, 2.24) is 9.47 Å². The van der Waals surface area contributed by atoms with Crippen molar-refractivity contribution in [3.8, 4) is 0 Å². The molecule has 150 valence electrons. The summed E-state index contributed by atoms with van der Waals surface area (Å²) in [6.45, 7) is 2.96. The Morgan fingerprint density at radius 3 is 2.79 bits per heavy atom. The molecular weight excluding hydrogens is 485 g/mol. The lowest BCUT2D eigenvalue weighted by molar-refractivity contribution is -0.385. The zero-order valence-corrected chi connectivity index (χ0v) is 18.0. The number of morpholine rings is 1. The summed E-state index contributed by atoms with van der Waals surface area (Å²) in [4.78, 5) is 26.4. The third kappa shape index (κ3) is 3.79. The van der Waals surface area contributed by atoms with Crippen molar-refractivity contribution in [3.05, 3.63) is 73.5 Å². The number of ketones is 1. The quantitative estimate of drug-likeness (QED) is 0.229. The van der Waals surface area contributed by atoms with Gasteiger partial charge in [0, 0.05) is 47.4 Å². The van der Waals surface area contributed by atoms with Gasteiger partial charge in [0.15, 0.2) is 5.78 Å². The van der Waals surface area contributed by atoms with E-state index < -0.39 is 4.92 Å². The second kappa shape index (κ2) is 8.21. The minimum atomic E-state index is -0.458. The molecule has 0 N–H and O–H groups in total. The van der Waals surface area contributed by atoms with E-state index in [1.807, 2.05) is 53.1 Å². The molecule has 8 heteroatoms. The molecule has 1 aliphatic rings. The number of hydrogen-bond acceptors (Lipinski definition) is 5. The second-order valence-corrected chi connectivity index (χ2v) is 8.23. The van der Waals surface area contributed by atoms with Crippen LogP contribution in [0.2, 0.25) is 0 Å². The van der Waals surface area contributed by atoms with E-state index in [-0.39, 0.29) is 17.5 Å². The van der Waals surface area contributed by atoms with Gasteiger partial charge in [-0.3, -0.25) is 19.8 Å². The lowest BCUT2D eigenvalue weighted by atomic mass is 10.0. The van der Waals surface area contributed by atoms with Gasteiger partial charge < -0.3 is 9.30 Å². The van der Waals surface area contributed by atoms with Gasteiger partial charge in [-0.05, 0) is 41.8 Å². The molecular formula is C21H20IN3O4. The Hall–Kier alpha value is -2.30. The summed E-state index contributed by atoms with van der Waals surface area (Å²) < 4.78 is 8.07. The van der Waals surface area contributed by atoms with Gasteiger partial charge in [-0.1, -0.05) is 24.3 Å². The lowest BCUT2D eigenvalue weighted by Crippen LogP contribution is -2.45. The van der Waals surface area contributed by atoms with Gasteiger partial charge in [0.05, 0.1) is 24.2 Å². The van der Waals surface area contributed by atoms with Crippen LogP contribution in [-0.4, -0.2) is 53.0 Å². The number of carbonyl (C=O) groups excluding carboxylic acids is 1. The van der Waals surface area contributed by atoms with Crippen molar-refractivity contribution >= 4 is 45.0 Å². The molecule has 2 aromatic carbocycles. The highest BCUT2D eigenvalue weighted by atomic mass is 127. The van der Waals surface area contributed by atoms with Crippen LogP contribution in [0.4, 0.5) is 5.69 Å². The molecule has 7 nitrogen and oxygen atoms in total. The second-order valence-electron chi connectivity index (χ2n) is 7.15. The summed E-state index contributed by atoms with van der Waals surface area (Å²) in [5.41, 5.74) is 1.82. The molecule has 0 spiro atoms. The van der Waals surface area contributed by atoms with E-state index in [4.69, 9.17) is 4.74 Å². The molecule has 0 radical (unpaired) electrons. The predicted octanol–water partition coefficient (Wildman–Crippen LogP) is 3.72. The van der Waals surface area contributed by atoms with E-state index >= 15 is 0 Å². The van der Waals surface area contributed by atoms with Crippen molar-refractivity contribution in [2.24, 2.45) is 0 Å². The van der Waals surface area contributed by atoms with E-state index in [1.165, 1.54) is 6.07 Å². The number of fused-ring (bicyclic) bond motifs is 1. The number of ether oxygens (including phenoxy) is 1. The van der Waals surface area contributed by atoms with Crippen molar-refractivity contribution in [1.29, 1.82) is 0 Å². The first-order chi connectivity index (χ1) is 14.0. The Bertz CT molecular complexity index is 1090. The highest BCUT2D eigenvalue weighted by Gasteiger charge is 2.25. The van der Waals surface area contributed by atoms with Gasteiger partial charge in [0.25, 0.3) is 5.69 Å². The number of nitrogens with zero attached hydrogens (tertiary/aromatic N) is 3. The summed E-state index contributed by atoms with van der Waals surface area (Å²) in [7, 11) is 2.08. The Morgan fingerprint density at radius 2 is 2.03 bits per heavy atom. The number of benzene rings is 2. The van der Waals surface area contributed by atoms with Gasteiger partial charge in [0.1, 0.15) is 3.57 Å². The molecule has 29 heavy (non-hydrogen) atoms. The molecule has 0 amide bonds. The number of para-hydroxylation sites is 1. The normalized spacial score (nSPS) is 17.5. The number of hydrogen-bond donors (Lipinski definition) is 0. The topological polar surface area (TPSA) is 77.6 Å². The average Bonchev–Trinajstić information content (AvgIpc) is 3.08. The number of rotatable bonds is 5. The van der Waals surface area contributed by atoms with Gasteiger partial charge in [0.2, 0.25) is 0 Å². The van der Waals surface area contributed by atoms with Crippen LogP contribution < -0.4 is 0 Å². The first-order valence-corrected chi connectivity index (χ1v) is 10.4. The standard InChI is InChI=1S/C21H20IN3O4/c1-23-9-10-29-13-14(23)11-24-12-17(15-5-2-3-7-18(15)24)21(26)16-6-4-8-19(20(16)22)25(27)28/h2-8,12,14H,9-11,13H2,1H3. The number of nitro benzene ring substituents is 1. The number of nitro groups is 1. The number of carbonyl (C=O) groups is 1. The molecule has 0 aliphatic carbocycles. The maximum Gasteiger partial charge on any atom is 0.283 e. The lowest BCUT2D eigenvalue weighted by Gasteiger charge is -2.32. The van der Waals surface area contributed by atoms with Crippen LogP contribution in [-0.2, 0) is 11.3 Å². The largest absolute Gasteiger partial charge is 0.378 e. The maximum atomic E-state index is 13.3. The van der Waals surface area contributed by atoms with Crippen LogP contribution in [0.3, 0.4) is 0 Å². The molecule has 1 aromatic heterocycles. The third-order valence-electron chi connectivity index (χ3n) is 5.38. The van der Waals surface area contributed by atoms with Crippen LogP contribution in [0, 0.1) is 13.7 Å². The molecule has 1 saturated heterocycles. The van der Waals surface area contributed by atoms with Crippen LogP contribution in [0.5, 0.6) is 0 Å². The van der Waals surface area contributed by atoms with Crippen LogP contribution in [0.15, 0.2) is 48.7 Å². The van der Waals surface area contributed by atoms with Gasteiger partial charge in [-0.2, -0.15) is 0 Å². The molecule has 0 bridgehead atoms. The van der Waals surface area contributed by atoms with E-state index in [2.05, 4.69) is 16.5 Å². The fourth-order valence-electron chi connectivity index (χ4n) is 3.72. The fraction of sp³-hybridized carbons (Fsp3) is 0.286. The summed E-state index contributed by atoms with van der Waals surface area (Å²) in [5, 5.41) is 12.1. The van der Waals surface area contributed by atoms with Crippen molar-refractivity contribution in [2.45, 2.75) is 12.6 Å². The smallest absolute Gasteiger partial charge is 0.283 e. The third-order valence-corrected chi connectivity index (χ3v) is 6.52. The van der Waals surface area contributed by atoms with Crippen molar-refractivity contribution in [2.75, 3.05) is 26.8 Å². The minimum absolute atomic E-state index is 0.0545. The number of likely N-dealkylation sites (N-methyl/N-ethyl adjacent to an activating group) is 1. The monoisotopic (exact) mass is 505 g/mol. The number of halogens is 1. The summed E-state index contributed by atoms with van der Waals surface area (Å²) in [5.74, 6) is -0.207. The molecule has 3 aromatic rings. The number of aromatic nitrogens is 1. The molecule has 1 aliphatic heterocycles. The van der Waals surface area contributed by atoms with Crippen LogP contribution in [0.1, 0.15) is 15.9 Å².